The molecule has 0 spiro atoms. The molecule has 2 heterocycles. The topological polar surface area (TPSA) is 54.5 Å². The van der Waals surface area contributed by atoms with Crippen molar-refractivity contribution >= 4 is 30.7 Å². The molecule has 2 fully saturated rings. The standard InChI is InChI=1S/C30H34F9N3O4.2ClH/c1-19-30(44-2,45-3)46-13-12-41(19)10-8-40-9-11-42(25(18-40)14-20-4-6-22(7-5-20)27(31,32)33)26(43)21-15-23(28(34,35)36)17-24(16-21)29(37,38)39;;/h4-7,15-17,19,25H,8-14,18H2,1-3H3;2*1H/t19?,25-;;/m1../s1. The molecule has 0 N–H and O–H groups in total. The van der Waals surface area contributed by atoms with Gasteiger partial charge in [0.2, 0.25) is 0 Å². The first-order valence-electron chi connectivity index (χ1n) is 14.3. The van der Waals surface area contributed by atoms with Crippen molar-refractivity contribution in [3.05, 3.63) is 70.3 Å². The molecule has 0 radical (unpaired) electrons. The molecule has 1 unspecified atom stereocenters. The van der Waals surface area contributed by atoms with Crippen molar-refractivity contribution in [1.82, 2.24) is 14.7 Å². The summed E-state index contributed by atoms with van der Waals surface area (Å²) >= 11 is 0. The van der Waals surface area contributed by atoms with Gasteiger partial charge in [0.15, 0.2) is 0 Å². The second kappa shape index (κ2) is 16.1. The van der Waals surface area contributed by atoms with Gasteiger partial charge in [-0.1, -0.05) is 12.1 Å². The summed E-state index contributed by atoms with van der Waals surface area (Å²) in [4.78, 5) is 18.9. The van der Waals surface area contributed by atoms with Crippen LogP contribution in [0.1, 0.15) is 39.5 Å². The Kier molecular flexibility index (Phi) is 14.1. The van der Waals surface area contributed by atoms with E-state index in [0.717, 1.165) is 12.1 Å². The van der Waals surface area contributed by atoms with Crippen LogP contribution in [0.5, 0.6) is 0 Å². The maximum absolute atomic E-state index is 13.6. The van der Waals surface area contributed by atoms with E-state index in [1.54, 1.807) is 0 Å². The van der Waals surface area contributed by atoms with Crippen molar-refractivity contribution in [3.8, 4) is 0 Å². The number of alkyl halides is 9. The average molecular weight is 745 g/mol. The van der Waals surface area contributed by atoms with Crippen LogP contribution < -0.4 is 0 Å². The molecule has 272 valence electrons. The van der Waals surface area contributed by atoms with Gasteiger partial charge < -0.3 is 19.1 Å². The molecule has 18 heteroatoms. The molecular formula is C30H36Cl2F9N3O4. The van der Waals surface area contributed by atoms with Crippen molar-refractivity contribution in [2.45, 2.75) is 49.9 Å². The molecule has 2 aliphatic heterocycles. The number of benzene rings is 2. The molecule has 2 atom stereocenters. The van der Waals surface area contributed by atoms with Crippen molar-refractivity contribution < 1.29 is 58.5 Å². The molecule has 2 aromatic rings. The Morgan fingerprint density at radius 3 is 1.85 bits per heavy atom. The van der Waals surface area contributed by atoms with Crippen LogP contribution in [0.4, 0.5) is 39.5 Å². The van der Waals surface area contributed by atoms with Gasteiger partial charge in [-0.2, -0.15) is 39.5 Å². The number of hydrogen-bond acceptors (Lipinski definition) is 6. The predicted octanol–water partition coefficient (Wildman–Crippen LogP) is 6.62. The molecule has 0 bridgehead atoms. The molecule has 1 amide bonds. The predicted molar refractivity (Wildman–Crippen MR) is 161 cm³/mol. The summed E-state index contributed by atoms with van der Waals surface area (Å²) < 4.78 is 137. The summed E-state index contributed by atoms with van der Waals surface area (Å²) in [6, 6.07) is 3.86. The van der Waals surface area contributed by atoms with Gasteiger partial charge in [-0.05, 0) is 49.2 Å². The highest BCUT2D eigenvalue weighted by molar-refractivity contribution is 5.95. The molecular weight excluding hydrogens is 708 g/mol. The molecule has 0 saturated carbocycles. The molecule has 0 aromatic heterocycles. The van der Waals surface area contributed by atoms with Gasteiger partial charge in [-0.25, -0.2) is 0 Å². The van der Waals surface area contributed by atoms with E-state index in [4.69, 9.17) is 14.2 Å². The van der Waals surface area contributed by atoms with Crippen LogP contribution in [0.25, 0.3) is 0 Å². The Balaban J connectivity index is 0.00000400. The highest BCUT2D eigenvalue weighted by Gasteiger charge is 2.45. The monoisotopic (exact) mass is 743 g/mol. The van der Waals surface area contributed by atoms with Crippen molar-refractivity contribution in [2.75, 3.05) is 60.1 Å². The van der Waals surface area contributed by atoms with Gasteiger partial charge in [0.05, 0.1) is 29.3 Å². The molecule has 0 aliphatic carbocycles. The van der Waals surface area contributed by atoms with Crippen LogP contribution in [0, 0.1) is 0 Å². The maximum Gasteiger partial charge on any atom is 0.416 e. The summed E-state index contributed by atoms with van der Waals surface area (Å²) in [5.74, 6) is -2.32. The van der Waals surface area contributed by atoms with Crippen molar-refractivity contribution in [1.29, 1.82) is 0 Å². The zero-order valence-electron chi connectivity index (χ0n) is 26.0. The Morgan fingerprint density at radius 2 is 1.35 bits per heavy atom. The van der Waals surface area contributed by atoms with Gasteiger partial charge in [0, 0.05) is 65.1 Å². The van der Waals surface area contributed by atoms with E-state index in [2.05, 4.69) is 4.90 Å². The normalized spacial score (nSPS) is 21.0. The van der Waals surface area contributed by atoms with Gasteiger partial charge >= 0.3 is 18.5 Å². The highest BCUT2D eigenvalue weighted by atomic mass is 35.5. The first kappa shape index (κ1) is 41.8. The lowest BCUT2D eigenvalue weighted by atomic mass is 9.98. The lowest BCUT2D eigenvalue weighted by Gasteiger charge is -2.47. The Hall–Kier alpha value is -2.34. The number of hydrogen-bond donors (Lipinski definition) is 0. The molecule has 48 heavy (non-hydrogen) atoms. The van der Waals surface area contributed by atoms with Crippen LogP contribution in [0.15, 0.2) is 42.5 Å². The minimum absolute atomic E-state index is 0. The number of halogens is 11. The van der Waals surface area contributed by atoms with Crippen molar-refractivity contribution in [2.24, 2.45) is 0 Å². The van der Waals surface area contributed by atoms with E-state index in [1.165, 1.54) is 31.3 Å². The fourth-order valence-corrected chi connectivity index (χ4v) is 5.87. The number of methoxy groups -OCH3 is 2. The van der Waals surface area contributed by atoms with Crippen LogP contribution in [0.2, 0.25) is 0 Å². The SMILES string of the molecule is COC1(OC)OCCN(CCN2CCN(C(=O)c3cc(C(F)(F)F)cc(C(F)(F)F)c3)[C@H](Cc3ccc(C(F)(F)F)cc3)C2)C1C.Cl.Cl. The average Bonchev–Trinajstić information content (AvgIpc) is 2.99. The number of carbonyl (C=O) groups is 1. The van der Waals surface area contributed by atoms with E-state index in [1.807, 2.05) is 11.8 Å². The molecule has 2 aliphatic rings. The summed E-state index contributed by atoms with van der Waals surface area (Å²) in [5.41, 5.74) is -4.51. The number of carbonyl (C=O) groups excluding carboxylic acids is 1. The van der Waals surface area contributed by atoms with E-state index < -0.39 is 58.7 Å². The molecule has 4 rings (SSSR count). The third-order valence-corrected chi connectivity index (χ3v) is 8.43. The Labute approximate surface area is 284 Å². The van der Waals surface area contributed by atoms with Gasteiger partial charge in [0.25, 0.3) is 11.9 Å². The third kappa shape index (κ3) is 9.67. The number of morpholine rings is 1. The Morgan fingerprint density at radius 1 is 0.812 bits per heavy atom. The van der Waals surface area contributed by atoms with Crippen molar-refractivity contribution in [3.63, 3.8) is 0 Å². The fraction of sp³-hybridized carbons (Fsp3) is 0.567. The minimum Gasteiger partial charge on any atom is -0.333 e. The van der Waals surface area contributed by atoms with E-state index in [9.17, 15) is 44.3 Å². The van der Waals surface area contributed by atoms with E-state index in [-0.39, 0.29) is 63.0 Å². The van der Waals surface area contributed by atoms with Gasteiger partial charge in [0.1, 0.15) is 0 Å². The largest absolute Gasteiger partial charge is 0.416 e. The zero-order valence-corrected chi connectivity index (χ0v) is 27.7. The first-order valence-corrected chi connectivity index (χ1v) is 14.3. The summed E-state index contributed by atoms with van der Waals surface area (Å²) in [6.45, 7) is 4.07. The first-order chi connectivity index (χ1) is 21.4. The minimum atomic E-state index is -5.14. The highest BCUT2D eigenvalue weighted by Crippen LogP contribution is 2.37. The van der Waals surface area contributed by atoms with E-state index in [0.29, 0.717) is 43.9 Å². The van der Waals surface area contributed by atoms with Crippen LogP contribution in [-0.2, 0) is 39.2 Å². The molecule has 2 saturated heterocycles. The number of rotatable bonds is 8. The molecule has 2 aromatic carbocycles. The third-order valence-electron chi connectivity index (χ3n) is 8.43. The summed E-state index contributed by atoms with van der Waals surface area (Å²) in [7, 11) is 2.90. The summed E-state index contributed by atoms with van der Waals surface area (Å²) in [5, 5.41) is 0. The quantitative estimate of drug-likeness (QED) is 0.224. The molecule has 7 nitrogen and oxygen atoms in total. The van der Waals surface area contributed by atoms with Gasteiger partial charge in [-0.15, -0.1) is 24.8 Å². The van der Waals surface area contributed by atoms with Crippen LogP contribution in [-0.4, -0.2) is 98.8 Å². The fourth-order valence-electron chi connectivity index (χ4n) is 5.87. The second-order valence-electron chi connectivity index (χ2n) is 11.2. The maximum atomic E-state index is 13.6. The van der Waals surface area contributed by atoms with Gasteiger partial charge in [-0.3, -0.25) is 14.6 Å². The number of ether oxygens (including phenoxy) is 3. The Bertz CT molecular complexity index is 1320. The smallest absolute Gasteiger partial charge is 0.333 e. The lowest BCUT2D eigenvalue weighted by Crippen LogP contribution is -2.62. The summed E-state index contributed by atoms with van der Waals surface area (Å²) in [6.07, 6.45) is -14.9. The van der Waals surface area contributed by atoms with E-state index >= 15 is 0 Å². The number of piperazine rings is 1. The zero-order chi connectivity index (χ0) is 34.1. The number of nitrogens with zero attached hydrogens (tertiary/aromatic N) is 3. The van der Waals surface area contributed by atoms with Crippen LogP contribution >= 0.6 is 24.8 Å². The number of amides is 1. The lowest BCUT2D eigenvalue weighted by molar-refractivity contribution is -0.400. The second-order valence-corrected chi connectivity index (χ2v) is 11.2. The van der Waals surface area contributed by atoms with Crippen LogP contribution in [0.3, 0.4) is 0 Å².